The number of imidazole rings is 1. The maximum Gasteiger partial charge on any atom is 0.258 e. The zero-order chi connectivity index (χ0) is 20.8. The Kier molecular flexibility index (Phi) is 4.38. The van der Waals surface area contributed by atoms with Gasteiger partial charge in [-0.1, -0.05) is 0 Å². The minimum atomic E-state index is -0.667. The molecule has 7 heteroatoms. The molecule has 1 aliphatic rings. The molecule has 0 N–H and O–H groups in total. The Labute approximate surface area is 171 Å². The molecule has 0 atom stereocenters. The van der Waals surface area contributed by atoms with Crippen molar-refractivity contribution in [1.29, 1.82) is 0 Å². The van der Waals surface area contributed by atoms with E-state index in [1.807, 2.05) is 25.2 Å². The van der Waals surface area contributed by atoms with Crippen LogP contribution >= 0.6 is 0 Å². The number of ether oxygens (including phenoxy) is 1. The van der Waals surface area contributed by atoms with Crippen LogP contribution in [0, 0.1) is 11.6 Å². The summed E-state index contributed by atoms with van der Waals surface area (Å²) in [5, 5.41) is 0. The molecule has 4 aromatic rings. The van der Waals surface area contributed by atoms with E-state index in [-0.39, 0.29) is 12.2 Å². The van der Waals surface area contributed by atoms with Gasteiger partial charge in [0.15, 0.2) is 0 Å². The molecule has 0 unspecified atom stereocenters. The zero-order valence-electron chi connectivity index (χ0n) is 16.3. The van der Waals surface area contributed by atoms with Crippen molar-refractivity contribution < 1.29 is 13.5 Å². The lowest BCUT2D eigenvalue weighted by molar-refractivity contribution is 0.304. The van der Waals surface area contributed by atoms with Crippen molar-refractivity contribution in [1.82, 2.24) is 14.1 Å². The molecule has 5 nitrogen and oxygen atoms in total. The third-order valence-corrected chi connectivity index (χ3v) is 5.34. The highest BCUT2D eigenvalue weighted by molar-refractivity contribution is 5.78. The van der Waals surface area contributed by atoms with Crippen molar-refractivity contribution >= 4 is 11.0 Å². The standard InChI is InChI=1S/C23H19F2N3O2/c1-27-21-11-18(4-5-20(21)26-23(27)15-2-3-15)28-7-6-19(12-22(28)29)30-13-14-8-16(24)10-17(25)9-14/h4-12,15H,2-3,13H2,1H3. The first kappa shape index (κ1) is 18.5. The number of fused-ring (bicyclic) bond motifs is 1. The van der Waals surface area contributed by atoms with E-state index in [0.717, 1.165) is 28.6 Å². The average molecular weight is 407 g/mol. The van der Waals surface area contributed by atoms with Crippen LogP contribution in [-0.2, 0) is 13.7 Å². The van der Waals surface area contributed by atoms with Gasteiger partial charge in [0.2, 0.25) is 0 Å². The number of halogens is 2. The second-order valence-electron chi connectivity index (χ2n) is 7.61. The first-order chi connectivity index (χ1) is 14.5. The number of pyridine rings is 1. The number of rotatable bonds is 5. The van der Waals surface area contributed by atoms with E-state index in [1.165, 1.54) is 35.6 Å². The summed E-state index contributed by atoms with van der Waals surface area (Å²) in [6, 6.07) is 11.9. The Balaban J connectivity index is 1.40. The lowest BCUT2D eigenvalue weighted by Gasteiger charge is -2.10. The molecule has 1 saturated carbocycles. The zero-order valence-corrected chi connectivity index (χ0v) is 16.3. The van der Waals surface area contributed by atoms with Crippen LogP contribution in [0.1, 0.15) is 30.1 Å². The van der Waals surface area contributed by atoms with Gasteiger partial charge >= 0.3 is 0 Å². The fourth-order valence-electron chi connectivity index (χ4n) is 3.68. The maximum atomic E-state index is 13.3. The van der Waals surface area contributed by atoms with E-state index in [1.54, 1.807) is 12.3 Å². The van der Waals surface area contributed by atoms with Crippen LogP contribution in [0.3, 0.4) is 0 Å². The van der Waals surface area contributed by atoms with Crippen molar-refractivity contribution in [3.63, 3.8) is 0 Å². The van der Waals surface area contributed by atoms with Gasteiger partial charge in [-0.15, -0.1) is 0 Å². The minimum Gasteiger partial charge on any atom is -0.489 e. The van der Waals surface area contributed by atoms with Crippen molar-refractivity contribution in [2.24, 2.45) is 7.05 Å². The Hall–Kier alpha value is -3.48. The molecule has 152 valence electrons. The van der Waals surface area contributed by atoms with Gasteiger partial charge in [0, 0.05) is 31.3 Å². The van der Waals surface area contributed by atoms with Gasteiger partial charge in [-0.2, -0.15) is 0 Å². The van der Waals surface area contributed by atoms with Crippen LogP contribution in [0.4, 0.5) is 8.78 Å². The van der Waals surface area contributed by atoms with Crippen molar-refractivity contribution in [3.05, 3.63) is 88.1 Å². The van der Waals surface area contributed by atoms with Gasteiger partial charge in [-0.25, -0.2) is 13.8 Å². The van der Waals surface area contributed by atoms with E-state index in [0.29, 0.717) is 17.2 Å². The second kappa shape index (κ2) is 7.09. The molecule has 0 saturated heterocycles. The smallest absolute Gasteiger partial charge is 0.258 e. The van der Waals surface area contributed by atoms with Crippen LogP contribution in [0.2, 0.25) is 0 Å². The Morgan fingerprint density at radius 1 is 1.07 bits per heavy atom. The van der Waals surface area contributed by atoms with Crippen LogP contribution in [-0.4, -0.2) is 14.1 Å². The molecule has 2 aromatic carbocycles. The summed E-state index contributed by atoms with van der Waals surface area (Å²) in [6.07, 6.45) is 3.98. The highest BCUT2D eigenvalue weighted by Gasteiger charge is 2.28. The summed E-state index contributed by atoms with van der Waals surface area (Å²) in [5.74, 6) is 0.626. The number of hydrogen-bond donors (Lipinski definition) is 0. The monoisotopic (exact) mass is 407 g/mol. The molecule has 1 aliphatic carbocycles. The molecule has 30 heavy (non-hydrogen) atoms. The Morgan fingerprint density at radius 2 is 1.83 bits per heavy atom. The van der Waals surface area contributed by atoms with Gasteiger partial charge in [-0.3, -0.25) is 9.36 Å². The molecule has 0 aliphatic heterocycles. The van der Waals surface area contributed by atoms with Crippen LogP contribution in [0.25, 0.3) is 16.7 Å². The summed E-state index contributed by atoms with van der Waals surface area (Å²) >= 11 is 0. The molecule has 1 fully saturated rings. The van der Waals surface area contributed by atoms with E-state index in [9.17, 15) is 13.6 Å². The molecule has 0 spiro atoms. The molecular formula is C23H19F2N3O2. The number of aryl methyl sites for hydroxylation is 1. The first-order valence-electron chi connectivity index (χ1n) is 9.75. The van der Waals surface area contributed by atoms with Gasteiger partial charge in [0.05, 0.1) is 16.7 Å². The van der Waals surface area contributed by atoms with Gasteiger partial charge in [-0.05, 0) is 54.8 Å². The van der Waals surface area contributed by atoms with Crippen LogP contribution < -0.4 is 10.3 Å². The summed E-state index contributed by atoms with van der Waals surface area (Å²) in [5.41, 5.74) is 2.72. The predicted molar refractivity (Wildman–Crippen MR) is 109 cm³/mol. The third-order valence-electron chi connectivity index (χ3n) is 5.34. The van der Waals surface area contributed by atoms with Crippen molar-refractivity contribution in [3.8, 4) is 11.4 Å². The Bertz CT molecular complexity index is 1300. The molecule has 2 heterocycles. The molecule has 5 rings (SSSR count). The maximum absolute atomic E-state index is 13.3. The molecular weight excluding hydrogens is 388 g/mol. The largest absolute Gasteiger partial charge is 0.489 e. The molecule has 0 amide bonds. The molecule has 0 bridgehead atoms. The highest BCUT2D eigenvalue weighted by Crippen LogP contribution is 2.40. The number of hydrogen-bond acceptors (Lipinski definition) is 3. The first-order valence-corrected chi connectivity index (χ1v) is 9.75. The van der Waals surface area contributed by atoms with Gasteiger partial charge in [0.1, 0.15) is 29.8 Å². The van der Waals surface area contributed by atoms with E-state index in [4.69, 9.17) is 9.72 Å². The topological polar surface area (TPSA) is 49.0 Å². The summed E-state index contributed by atoms with van der Waals surface area (Å²) < 4.78 is 35.7. The predicted octanol–water partition coefficient (Wildman–Crippen LogP) is 4.46. The van der Waals surface area contributed by atoms with Crippen molar-refractivity contribution in [2.45, 2.75) is 25.4 Å². The molecule has 0 radical (unpaired) electrons. The normalized spacial score (nSPS) is 13.7. The lowest BCUT2D eigenvalue weighted by atomic mass is 10.2. The SMILES string of the molecule is Cn1c(C2CC2)nc2ccc(-n3ccc(OCc4cc(F)cc(F)c4)cc3=O)cc21. The quantitative estimate of drug-likeness (QED) is 0.491. The van der Waals surface area contributed by atoms with Gasteiger partial charge < -0.3 is 9.30 Å². The summed E-state index contributed by atoms with van der Waals surface area (Å²) in [4.78, 5) is 17.4. The number of benzene rings is 2. The lowest BCUT2D eigenvalue weighted by Crippen LogP contribution is -2.16. The highest BCUT2D eigenvalue weighted by atomic mass is 19.1. The van der Waals surface area contributed by atoms with E-state index >= 15 is 0 Å². The minimum absolute atomic E-state index is 0.0386. The average Bonchev–Trinajstić information content (AvgIpc) is 3.50. The fraction of sp³-hybridized carbons (Fsp3) is 0.217. The van der Waals surface area contributed by atoms with Crippen LogP contribution in [0.15, 0.2) is 59.5 Å². The Morgan fingerprint density at radius 3 is 2.53 bits per heavy atom. The second-order valence-corrected chi connectivity index (χ2v) is 7.61. The number of aromatic nitrogens is 3. The third kappa shape index (κ3) is 3.47. The fourth-order valence-corrected chi connectivity index (χ4v) is 3.68. The number of nitrogens with zero attached hydrogens (tertiary/aromatic N) is 3. The van der Waals surface area contributed by atoms with Crippen LogP contribution in [0.5, 0.6) is 5.75 Å². The molecule has 2 aromatic heterocycles. The summed E-state index contributed by atoms with van der Waals surface area (Å²) in [7, 11) is 2.00. The van der Waals surface area contributed by atoms with Crippen molar-refractivity contribution in [2.75, 3.05) is 0 Å². The van der Waals surface area contributed by atoms with E-state index in [2.05, 4.69) is 4.57 Å². The van der Waals surface area contributed by atoms with Gasteiger partial charge in [0.25, 0.3) is 5.56 Å². The summed E-state index contributed by atoms with van der Waals surface area (Å²) in [6.45, 7) is -0.0386. The van der Waals surface area contributed by atoms with E-state index < -0.39 is 11.6 Å².